The van der Waals surface area contributed by atoms with E-state index in [1.165, 1.54) is 13.0 Å². The van der Waals surface area contributed by atoms with E-state index in [0.29, 0.717) is 0 Å². The van der Waals surface area contributed by atoms with E-state index < -0.39 is 0 Å². The quantitative estimate of drug-likeness (QED) is 0.743. The number of fused-ring (bicyclic) bond motifs is 1. The van der Waals surface area contributed by atoms with Crippen LogP contribution in [0.5, 0.6) is 0 Å². The second-order valence-corrected chi connectivity index (χ2v) is 4.58. The third-order valence-electron chi connectivity index (χ3n) is 3.15. The number of aromatic amines is 1. The molecule has 0 spiro atoms. The fourth-order valence-electron chi connectivity index (χ4n) is 2.50. The number of pyridine rings is 1. The number of hydrogen-bond acceptors (Lipinski definition) is 2. The van der Waals surface area contributed by atoms with Gasteiger partial charge in [-0.05, 0) is 37.8 Å². The lowest BCUT2D eigenvalue weighted by Crippen LogP contribution is -2.45. The Balaban J connectivity index is 2.47. The summed E-state index contributed by atoms with van der Waals surface area (Å²) in [5.41, 5.74) is 1.57. The van der Waals surface area contributed by atoms with E-state index in [1.54, 1.807) is 0 Å². The van der Waals surface area contributed by atoms with Gasteiger partial charge in [-0.2, -0.15) is 0 Å². The molecule has 0 fully saturated rings. The average molecular weight is 220 g/mol. The molecule has 0 bridgehead atoms. The van der Waals surface area contributed by atoms with Gasteiger partial charge in [-0.15, -0.1) is 0 Å². The first kappa shape index (κ1) is 10.9. The molecule has 1 amide bonds. The van der Waals surface area contributed by atoms with Crippen molar-refractivity contribution in [3.63, 3.8) is 0 Å². The van der Waals surface area contributed by atoms with Crippen LogP contribution in [0, 0.1) is 0 Å². The van der Waals surface area contributed by atoms with Crippen LogP contribution in [0.2, 0.25) is 0 Å². The van der Waals surface area contributed by atoms with Crippen LogP contribution in [0.3, 0.4) is 0 Å². The van der Waals surface area contributed by atoms with Crippen molar-refractivity contribution in [3.8, 4) is 0 Å². The minimum atomic E-state index is -0.344. The van der Waals surface area contributed by atoms with Crippen molar-refractivity contribution in [2.24, 2.45) is 0 Å². The fourth-order valence-corrected chi connectivity index (χ4v) is 2.50. The standard InChI is InChI=1S/C12H16N2O2/c1-8(15)14-12(2)7-3-4-10-9(12)5-6-11(16)13-10/h5-6H,3-4,7H2,1-2H3,(H,13,16)(H,14,15). The number of amides is 1. The van der Waals surface area contributed by atoms with Gasteiger partial charge >= 0.3 is 0 Å². The Bertz CT molecular complexity index is 478. The second kappa shape index (κ2) is 3.77. The van der Waals surface area contributed by atoms with Crippen molar-refractivity contribution >= 4 is 5.91 Å². The molecule has 86 valence electrons. The zero-order valence-corrected chi connectivity index (χ0v) is 9.59. The molecule has 2 N–H and O–H groups in total. The van der Waals surface area contributed by atoms with Gasteiger partial charge in [0, 0.05) is 18.7 Å². The first-order chi connectivity index (χ1) is 7.51. The summed E-state index contributed by atoms with van der Waals surface area (Å²) >= 11 is 0. The van der Waals surface area contributed by atoms with E-state index in [9.17, 15) is 9.59 Å². The molecule has 4 nitrogen and oxygen atoms in total. The molecule has 1 aliphatic rings. The summed E-state index contributed by atoms with van der Waals surface area (Å²) in [6.07, 6.45) is 2.76. The summed E-state index contributed by atoms with van der Waals surface area (Å²) in [5, 5.41) is 2.97. The lowest BCUT2D eigenvalue weighted by Gasteiger charge is -2.36. The van der Waals surface area contributed by atoms with E-state index in [2.05, 4.69) is 10.3 Å². The van der Waals surface area contributed by atoms with E-state index >= 15 is 0 Å². The summed E-state index contributed by atoms with van der Waals surface area (Å²) < 4.78 is 0. The Morgan fingerprint density at radius 2 is 2.25 bits per heavy atom. The molecule has 16 heavy (non-hydrogen) atoms. The molecule has 1 heterocycles. The molecule has 2 rings (SSSR count). The number of hydrogen-bond donors (Lipinski definition) is 2. The number of aromatic nitrogens is 1. The Morgan fingerprint density at radius 3 is 2.94 bits per heavy atom. The number of rotatable bonds is 1. The normalized spacial score (nSPS) is 23.6. The van der Waals surface area contributed by atoms with Gasteiger partial charge < -0.3 is 10.3 Å². The molecule has 1 aliphatic carbocycles. The molecular formula is C12H16N2O2. The monoisotopic (exact) mass is 220 g/mol. The van der Waals surface area contributed by atoms with E-state index in [1.807, 2.05) is 13.0 Å². The number of carbonyl (C=O) groups is 1. The first-order valence-electron chi connectivity index (χ1n) is 5.53. The molecule has 0 aliphatic heterocycles. The Hall–Kier alpha value is -1.58. The van der Waals surface area contributed by atoms with E-state index in [-0.39, 0.29) is 17.0 Å². The molecular weight excluding hydrogens is 204 g/mol. The SMILES string of the molecule is CC(=O)NC1(C)CCCc2[nH]c(=O)ccc21. The molecule has 1 aromatic heterocycles. The largest absolute Gasteiger partial charge is 0.347 e. The van der Waals surface area contributed by atoms with Crippen molar-refractivity contribution in [2.75, 3.05) is 0 Å². The summed E-state index contributed by atoms with van der Waals surface area (Å²) in [6, 6.07) is 3.34. The molecule has 1 unspecified atom stereocenters. The summed E-state index contributed by atoms with van der Waals surface area (Å²) in [6.45, 7) is 3.52. The lowest BCUT2D eigenvalue weighted by molar-refractivity contribution is -0.121. The third kappa shape index (κ3) is 1.87. The molecule has 0 radical (unpaired) electrons. The zero-order chi connectivity index (χ0) is 11.8. The summed E-state index contributed by atoms with van der Waals surface area (Å²) in [5.74, 6) is -0.0402. The topological polar surface area (TPSA) is 62.0 Å². The van der Waals surface area contributed by atoms with Gasteiger partial charge in [0.05, 0.1) is 5.54 Å². The minimum Gasteiger partial charge on any atom is -0.347 e. The fraction of sp³-hybridized carbons (Fsp3) is 0.500. The minimum absolute atomic E-state index is 0.0402. The van der Waals surface area contributed by atoms with Crippen molar-refractivity contribution in [2.45, 2.75) is 38.6 Å². The van der Waals surface area contributed by atoms with Crippen LogP contribution >= 0.6 is 0 Å². The highest BCUT2D eigenvalue weighted by atomic mass is 16.1. The van der Waals surface area contributed by atoms with Crippen molar-refractivity contribution in [1.82, 2.24) is 10.3 Å². The molecule has 0 saturated heterocycles. The number of aryl methyl sites for hydroxylation is 1. The maximum atomic E-state index is 11.2. The number of carbonyl (C=O) groups excluding carboxylic acids is 1. The van der Waals surface area contributed by atoms with Gasteiger partial charge in [-0.3, -0.25) is 9.59 Å². The van der Waals surface area contributed by atoms with Gasteiger partial charge in [0.15, 0.2) is 0 Å². The van der Waals surface area contributed by atoms with Gasteiger partial charge in [0.1, 0.15) is 0 Å². The van der Waals surface area contributed by atoms with Gasteiger partial charge in [0.2, 0.25) is 11.5 Å². The van der Waals surface area contributed by atoms with Crippen LogP contribution in [0.15, 0.2) is 16.9 Å². The summed E-state index contributed by atoms with van der Waals surface area (Å²) in [7, 11) is 0. The second-order valence-electron chi connectivity index (χ2n) is 4.58. The third-order valence-corrected chi connectivity index (χ3v) is 3.15. The maximum absolute atomic E-state index is 11.2. The highest BCUT2D eigenvalue weighted by molar-refractivity contribution is 5.74. The molecule has 0 saturated carbocycles. The summed E-state index contributed by atoms with van der Waals surface area (Å²) in [4.78, 5) is 25.3. The lowest BCUT2D eigenvalue weighted by atomic mass is 9.80. The van der Waals surface area contributed by atoms with Gasteiger partial charge in [0.25, 0.3) is 0 Å². The predicted octanol–water partition coefficient (Wildman–Crippen LogP) is 1.06. The zero-order valence-electron chi connectivity index (χ0n) is 9.59. The van der Waals surface area contributed by atoms with Crippen molar-refractivity contribution < 1.29 is 4.79 Å². The molecule has 4 heteroatoms. The Morgan fingerprint density at radius 1 is 1.50 bits per heavy atom. The number of H-pyrrole nitrogens is 1. The van der Waals surface area contributed by atoms with Crippen LogP contribution in [-0.4, -0.2) is 10.9 Å². The van der Waals surface area contributed by atoms with Crippen molar-refractivity contribution in [1.29, 1.82) is 0 Å². The number of nitrogens with one attached hydrogen (secondary N) is 2. The molecule has 1 atom stereocenters. The highest BCUT2D eigenvalue weighted by Gasteiger charge is 2.32. The van der Waals surface area contributed by atoms with Crippen LogP contribution in [0.25, 0.3) is 0 Å². The maximum Gasteiger partial charge on any atom is 0.248 e. The van der Waals surface area contributed by atoms with E-state index in [4.69, 9.17) is 0 Å². The van der Waals surface area contributed by atoms with Crippen LogP contribution in [-0.2, 0) is 16.8 Å². The highest BCUT2D eigenvalue weighted by Crippen LogP contribution is 2.33. The average Bonchev–Trinajstić information content (AvgIpc) is 2.15. The molecule has 0 aromatic carbocycles. The van der Waals surface area contributed by atoms with E-state index in [0.717, 1.165) is 30.5 Å². The van der Waals surface area contributed by atoms with Crippen LogP contribution in [0.4, 0.5) is 0 Å². The van der Waals surface area contributed by atoms with Gasteiger partial charge in [-0.1, -0.05) is 0 Å². The Labute approximate surface area is 94.1 Å². The van der Waals surface area contributed by atoms with Crippen LogP contribution < -0.4 is 10.9 Å². The predicted molar refractivity (Wildman–Crippen MR) is 61.2 cm³/mol. The van der Waals surface area contributed by atoms with Gasteiger partial charge in [-0.25, -0.2) is 0 Å². The molecule has 1 aromatic rings. The first-order valence-corrected chi connectivity index (χ1v) is 5.53. The smallest absolute Gasteiger partial charge is 0.248 e. The van der Waals surface area contributed by atoms with Crippen LogP contribution in [0.1, 0.15) is 37.9 Å². The van der Waals surface area contributed by atoms with Crippen molar-refractivity contribution in [3.05, 3.63) is 33.7 Å². The Kier molecular flexibility index (Phi) is 2.58.